The van der Waals surface area contributed by atoms with Gasteiger partial charge in [-0.1, -0.05) is 78.9 Å². The Morgan fingerprint density at radius 2 is 1.26 bits per heavy atom. The van der Waals surface area contributed by atoms with Gasteiger partial charge in [0.05, 0.1) is 16.9 Å². The highest BCUT2D eigenvalue weighted by atomic mass is 16.6. The maximum Gasteiger partial charge on any atom is 0.412 e. The number of unbranched alkanes of at least 4 members (excludes halogenated alkanes) is 1. The summed E-state index contributed by atoms with van der Waals surface area (Å²) in [5.74, 6) is 3.32. The Morgan fingerprint density at radius 1 is 0.671 bits per heavy atom. The minimum atomic E-state index is -1.08. The van der Waals surface area contributed by atoms with Crippen LogP contribution < -0.4 is 48.7 Å². The average Bonchev–Trinajstić information content (AvgIpc) is 0.917. The predicted octanol–water partition coefficient (Wildman–Crippen LogP) is 8.38. The van der Waals surface area contributed by atoms with Gasteiger partial charge in [0.25, 0.3) is 0 Å². The van der Waals surface area contributed by atoms with Gasteiger partial charge in [0.2, 0.25) is 35.4 Å². The lowest BCUT2D eigenvalue weighted by Crippen LogP contribution is -2.60. The predicted molar refractivity (Wildman–Crippen MR) is 328 cm³/mol. The molecule has 85 heavy (non-hydrogen) atoms. The number of urea groups is 1. The highest BCUT2D eigenvalue weighted by molar-refractivity contribution is 6.01. The van der Waals surface area contributed by atoms with Gasteiger partial charge in [0.1, 0.15) is 30.4 Å². The molecule has 0 aromatic heterocycles. The Kier molecular flexibility index (Phi) is 22.0. The van der Waals surface area contributed by atoms with Gasteiger partial charge in [-0.05, 0) is 199 Å². The van der Waals surface area contributed by atoms with Crippen LogP contribution >= 0.6 is 0 Å². The van der Waals surface area contributed by atoms with E-state index in [1.165, 1.54) is 5.56 Å². The average molecular weight is 1180 g/mol. The van der Waals surface area contributed by atoms with E-state index in [4.69, 9.17) is 20.9 Å². The van der Waals surface area contributed by atoms with Crippen LogP contribution in [0, 0.1) is 40.4 Å². The third kappa shape index (κ3) is 16.3. The zero-order chi connectivity index (χ0) is 61.9. The first-order valence-electron chi connectivity index (χ1n) is 31.4. The largest absolute Gasteiger partial charge is 0.444 e. The molecule has 7 rings (SSSR count). The van der Waals surface area contributed by atoms with Gasteiger partial charge in [0, 0.05) is 30.9 Å². The fraction of sp³-hybridized carbons (Fsp3) is 0.667. The van der Waals surface area contributed by atoms with Gasteiger partial charge in [-0.3, -0.25) is 39.4 Å². The van der Waals surface area contributed by atoms with E-state index in [1.54, 1.807) is 13.8 Å². The van der Waals surface area contributed by atoms with E-state index < -0.39 is 69.8 Å². The summed E-state index contributed by atoms with van der Waals surface area (Å²) < 4.78 is 11.3. The zero-order valence-corrected chi connectivity index (χ0v) is 52.0. The van der Waals surface area contributed by atoms with Crippen molar-refractivity contribution in [3.8, 4) is 11.8 Å². The van der Waals surface area contributed by atoms with Crippen molar-refractivity contribution in [1.82, 2.24) is 26.6 Å². The minimum absolute atomic E-state index is 0.0509. The number of carbonyl (C=O) groups is 8. The lowest BCUT2D eigenvalue weighted by Gasteiger charge is -2.56. The third-order valence-corrected chi connectivity index (χ3v) is 19.3. The summed E-state index contributed by atoms with van der Waals surface area (Å²) in [5.41, 5.74) is 14.1. The molecule has 19 nitrogen and oxygen atoms in total. The Morgan fingerprint density at radius 3 is 1.84 bits per heavy atom. The zero-order valence-electron chi connectivity index (χ0n) is 52.0. The number of aryl methyl sites for hydroxylation is 2. The molecule has 0 saturated heterocycles. The molecule has 466 valence electrons. The van der Waals surface area contributed by atoms with Crippen molar-refractivity contribution in [2.24, 2.45) is 40.1 Å². The molecule has 2 fully saturated rings. The molecule has 1 unspecified atom stereocenters. The molecular formula is C66H97N9O10. The maximum absolute atomic E-state index is 15.0. The van der Waals surface area contributed by atoms with E-state index in [0.29, 0.717) is 62.9 Å². The second kappa shape index (κ2) is 28.3. The van der Waals surface area contributed by atoms with Crippen LogP contribution in [0.4, 0.5) is 21.0 Å². The Balaban J connectivity index is 0.976. The van der Waals surface area contributed by atoms with Crippen molar-refractivity contribution < 1.29 is 47.8 Å². The maximum atomic E-state index is 15.0. The summed E-state index contributed by atoms with van der Waals surface area (Å²) in [4.78, 5) is 109. The number of nitrogens with two attached hydrogens (primary N) is 2. The van der Waals surface area contributed by atoms with Gasteiger partial charge in [0.15, 0.2) is 0 Å². The first-order chi connectivity index (χ1) is 40.2. The Labute approximate surface area is 503 Å². The van der Waals surface area contributed by atoms with Crippen LogP contribution in [0.1, 0.15) is 200 Å². The molecule has 5 aliphatic rings. The molecule has 10 atom stereocenters. The van der Waals surface area contributed by atoms with Crippen LogP contribution in [0.5, 0.6) is 0 Å². The molecule has 2 saturated carbocycles. The van der Waals surface area contributed by atoms with E-state index in [1.807, 2.05) is 65.0 Å². The fourth-order valence-corrected chi connectivity index (χ4v) is 14.7. The molecule has 5 aliphatic carbocycles. The highest BCUT2D eigenvalue weighted by Crippen LogP contribution is 2.60. The van der Waals surface area contributed by atoms with Crippen molar-refractivity contribution in [1.29, 1.82) is 0 Å². The molecule has 19 heteroatoms. The molecule has 9 amide bonds. The number of rotatable bonds is 22. The van der Waals surface area contributed by atoms with E-state index in [9.17, 15) is 33.6 Å². The fourth-order valence-electron chi connectivity index (χ4n) is 14.7. The molecular weight excluding hydrogens is 1080 g/mol. The van der Waals surface area contributed by atoms with Crippen molar-refractivity contribution >= 4 is 58.9 Å². The number of fused-ring (bicyclic) bond motifs is 6. The van der Waals surface area contributed by atoms with Crippen LogP contribution in [0.3, 0.4) is 0 Å². The molecule has 0 radical (unpaired) electrons. The van der Waals surface area contributed by atoms with E-state index >= 15 is 4.79 Å². The quantitative estimate of drug-likeness (QED) is 0.0307. The van der Waals surface area contributed by atoms with Gasteiger partial charge >= 0.3 is 12.1 Å². The first-order valence-corrected chi connectivity index (χ1v) is 31.4. The van der Waals surface area contributed by atoms with E-state index in [-0.39, 0.29) is 66.6 Å². The summed E-state index contributed by atoms with van der Waals surface area (Å²) in [6, 6.07) is 8.10. The molecule has 0 aliphatic heterocycles. The van der Waals surface area contributed by atoms with Crippen LogP contribution in [0.15, 0.2) is 36.4 Å². The number of benzene rings is 2. The second-order valence-electron chi connectivity index (χ2n) is 27.1. The van der Waals surface area contributed by atoms with Gasteiger partial charge in [-0.2, -0.15) is 0 Å². The van der Waals surface area contributed by atoms with Gasteiger partial charge < -0.3 is 47.5 Å². The number of hydrogen-bond acceptors (Lipinski definition) is 11. The Hall–Kier alpha value is -6.52. The SMILES string of the molecule is CC(C)[C@H](NC(=O)[C@H](N)CCCCNC(=O)COC1C#CCCCCC1)C(=O)N[C@@H](CCCNC(N)=O)C(=O)Nc1ccc2c(c1)[C@@]1(C)CCC[C@](C)(C(=O)NC(=O)[C@@]3(C)CCC[C@]4(C)c5cc(NC(=O)OC(C)(C)C)ccc5CC[C@@H]34)[C@@H]1CC2. The van der Waals surface area contributed by atoms with Gasteiger partial charge in [-0.25, -0.2) is 9.59 Å². The van der Waals surface area contributed by atoms with Crippen LogP contribution in [0.25, 0.3) is 0 Å². The van der Waals surface area contributed by atoms with Crippen molar-refractivity contribution in [2.75, 3.05) is 30.3 Å². The molecule has 0 heterocycles. The lowest BCUT2D eigenvalue weighted by atomic mass is 9.49. The third-order valence-electron chi connectivity index (χ3n) is 19.3. The van der Waals surface area contributed by atoms with Crippen molar-refractivity contribution in [3.63, 3.8) is 0 Å². The van der Waals surface area contributed by atoms with Gasteiger partial charge in [-0.15, -0.1) is 5.92 Å². The number of imide groups is 1. The monoisotopic (exact) mass is 1180 g/mol. The first kappa shape index (κ1) is 66.0. The molecule has 2 aromatic carbocycles. The number of carbonyl (C=O) groups excluding carboxylic acids is 8. The number of ether oxygens (including phenoxy) is 2. The number of nitrogens with one attached hydrogen (secondary N) is 7. The molecule has 0 bridgehead atoms. The number of hydrogen-bond donors (Lipinski definition) is 9. The number of primary amides is 1. The van der Waals surface area contributed by atoms with E-state index in [0.717, 1.165) is 93.7 Å². The standard InChI is InChI=1S/C66H97N9O10/c1-41(2)54(74-55(77)49(67)22-15-16-36-69-53(76)40-84-46-20-13-11-10-12-14-21-46)57(79)73-50(23-17-37-70-60(68)82)56(78)71-44-28-24-42-26-30-51-63(6,47(42)38-44)32-18-34-65(51,8)58(80)75-59(81)66(9)35-19-33-64(7)48-39-45(72-61(83)85-62(3,4)5)29-25-43(48)27-31-52(64)66/h24-25,28-29,38-39,41,46,49-52,54H,10-13,15-20,22-23,26-27,30-37,40,67H2,1-9H3,(H,69,76)(H,71,78)(H,72,83)(H,73,79)(H,74,77)(H3,68,70,82)(H,75,80,81)/t46?,49-,50+,51-,52-,54+,63-,64-,65+,66+/m1/s1. The summed E-state index contributed by atoms with van der Waals surface area (Å²) in [6.07, 6.45) is 13.4. The van der Waals surface area contributed by atoms with Crippen LogP contribution in [-0.2, 0) is 61.9 Å². The number of amides is 9. The summed E-state index contributed by atoms with van der Waals surface area (Å²) in [6.45, 7) is 18.0. The Bertz CT molecular complexity index is 2860. The smallest absolute Gasteiger partial charge is 0.412 e. The molecule has 0 spiro atoms. The highest BCUT2D eigenvalue weighted by Gasteiger charge is 2.58. The number of anilines is 2. The molecule has 2 aromatic rings. The topological polar surface area (TPSA) is 291 Å². The second-order valence-corrected chi connectivity index (χ2v) is 27.1. The summed E-state index contributed by atoms with van der Waals surface area (Å²) >= 11 is 0. The van der Waals surface area contributed by atoms with Crippen molar-refractivity contribution in [2.45, 2.75) is 231 Å². The minimum Gasteiger partial charge on any atom is -0.444 e. The normalized spacial score (nSPS) is 26.2. The van der Waals surface area contributed by atoms with Crippen LogP contribution in [0.2, 0.25) is 0 Å². The summed E-state index contributed by atoms with van der Waals surface area (Å²) in [5, 5.41) is 20.1. The summed E-state index contributed by atoms with van der Waals surface area (Å²) in [7, 11) is 0. The van der Waals surface area contributed by atoms with Crippen molar-refractivity contribution in [3.05, 3.63) is 58.7 Å². The van der Waals surface area contributed by atoms with Crippen LogP contribution in [-0.4, -0.2) is 97.1 Å². The molecule has 11 N–H and O–H groups in total. The van der Waals surface area contributed by atoms with E-state index in [2.05, 4.69) is 69.0 Å². The lowest BCUT2D eigenvalue weighted by molar-refractivity contribution is -0.150.